The number of carbonyl (C=O) groups is 1. The molecule has 1 amide bonds. The molecule has 110 valence electrons. The van der Waals surface area contributed by atoms with Crippen LogP contribution >= 0.6 is 0 Å². The molecule has 0 bridgehead atoms. The number of piperazine rings is 1. The maximum Gasteiger partial charge on any atom is 0.255 e. The maximum atomic E-state index is 12.5. The normalized spacial score (nSPS) is 21.8. The molecule has 0 spiro atoms. The number of carbonyl (C=O) groups excluding carboxylic acids is 1. The molecule has 1 aliphatic rings. The number of aliphatic hydroxyl groups excluding tert-OH is 1. The Balaban J connectivity index is 2.02. The Morgan fingerprint density at radius 2 is 2.25 bits per heavy atom. The molecule has 5 heteroatoms. The zero-order chi connectivity index (χ0) is 14.7. The summed E-state index contributed by atoms with van der Waals surface area (Å²) < 4.78 is 0. The first-order chi connectivity index (χ1) is 9.47. The number of amides is 1. The minimum atomic E-state index is -0.328. The lowest BCUT2D eigenvalue weighted by Crippen LogP contribution is -2.55. The first-order valence-electron chi connectivity index (χ1n) is 7.10. The van der Waals surface area contributed by atoms with Crippen molar-refractivity contribution in [2.75, 3.05) is 26.2 Å². The quantitative estimate of drug-likeness (QED) is 0.892. The highest BCUT2D eigenvalue weighted by Crippen LogP contribution is 2.14. The average Bonchev–Trinajstić information content (AvgIpc) is 2.37. The lowest BCUT2D eigenvalue weighted by molar-refractivity contribution is 0.0382. The Labute approximate surface area is 120 Å². The van der Waals surface area contributed by atoms with E-state index >= 15 is 0 Å². The number of aromatic nitrogens is 1. The van der Waals surface area contributed by atoms with E-state index < -0.39 is 0 Å². The zero-order valence-corrected chi connectivity index (χ0v) is 12.4. The van der Waals surface area contributed by atoms with Crippen LogP contribution in [0.15, 0.2) is 18.5 Å². The second-order valence-corrected chi connectivity index (χ2v) is 5.71. The predicted octanol–water partition coefficient (Wildman–Crippen LogP) is 0.917. The summed E-state index contributed by atoms with van der Waals surface area (Å²) in [5, 5.41) is 9.44. The van der Waals surface area contributed by atoms with Crippen molar-refractivity contribution < 1.29 is 9.90 Å². The summed E-state index contributed by atoms with van der Waals surface area (Å²) >= 11 is 0. The minimum Gasteiger partial charge on any atom is -0.392 e. The van der Waals surface area contributed by atoms with Gasteiger partial charge in [-0.1, -0.05) is 0 Å². The summed E-state index contributed by atoms with van der Waals surface area (Å²) in [7, 11) is 0. The van der Waals surface area contributed by atoms with Gasteiger partial charge in [-0.25, -0.2) is 0 Å². The third kappa shape index (κ3) is 3.55. The van der Waals surface area contributed by atoms with E-state index in [2.05, 4.69) is 16.8 Å². The summed E-state index contributed by atoms with van der Waals surface area (Å²) in [6, 6.07) is 2.03. The van der Waals surface area contributed by atoms with Gasteiger partial charge in [0.2, 0.25) is 0 Å². The largest absolute Gasteiger partial charge is 0.392 e. The van der Waals surface area contributed by atoms with Gasteiger partial charge in [-0.15, -0.1) is 0 Å². The maximum absolute atomic E-state index is 12.5. The van der Waals surface area contributed by atoms with Crippen molar-refractivity contribution in [3.63, 3.8) is 0 Å². The minimum absolute atomic E-state index is 0.0467. The van der Waals surface area contributed by atoms with E-state index in [0.29, 0.717) is 18.7 Å². The molecule has 0 radical (unpaired) electrons. The van der Waals surface area contributed by atoms with Crippen LogP contribution in [0.5, 0.6) is 0 Å². The van der Waals surface area contributed by atoms with Gasteiger partial charge >= 0.3 is 0 Å². The van der Waals surface area contributed by atoms with Crippen LogP contribution < -0.4 is 0 Å². The van der Waals surface area contributed by atoms with Crippen LogP contribution in [0.2, 0.25) is 0 Å². The van der Waals surface area contributed by atoms with Crippen LogP contribution in [0.25, 0.3) is 0 Å². The third-order valence-electron chi connectivity index (χ3n) is 3.62. The first kappa shape index (κ1) is 14.9. The number of nitrogens with zero attached hydrogens (tertiary/aromatic N) is 3. The molecule has 2 rings (SSSR count). The number of pyridine rings is 1. The Kier molecular flexibility index (Phi) is 4.73. The van der Waals surface area contributed by atoms with E-state index in [9.17, 15) is 9.90 Å². The molecule has 20 heavy (non-hydrogen) atoms. The van der Waals surface area contributed by atoms with Gasteiger partial charge in [0.1, 0.15) is 0 Å². The highest BCUT2D eigenvalue weighted by Gasteiger charge is 2.28. The zero-order valence-electron chi connectivity index (χ0n) is 12.4. The van der Waals surface area contributed by atoms with E-state index in [0.717, 1.165) is 18.7 Å². The molecule has 1 aromatic heterocycles. The molecular weight excluding hydrogens is 254 g/mol. The first-order valence-corrected chi connectivity index (χ1v) is 7.10. The van der Waals surface area contributed by atoms with Crippen LogP contribution in [0.1, 0.15) is 29.8 Å². The van der Waals surface area contributed by atoms with Gasteiger partial charge in [-0.05, 0) is 32.4 Å². The topological polar surface area (TPSA) is 56.7 Å². The molecular formula is C15H23N3O2. The molecule has 0 saturated carbocycles. The van der Waals surface area contributed by atoms with E-state index in [1.165, 1.54) is 0 Å². The summed E-state index contributed by atoms with van der Waals surface area (Å²) in [6.45, 7) is 8.75. The second-order valence-electron chi connectivity index (χ2n) is 5.71. The Hall–Kier alpha value is -1.46. The third-order valence-corrected chi connectivity index (χ3v) is 3.62. The monoisotopic (exact) mass is 277 g/mol. The molecule has 1 fully saturated rings. The lowest BCUT2D eigenvalue weighted by atomic mass is 10.1. The van der Waals surface area contributed by atoms with Crippen LogP contribution in [0, 0.1) is 6.92 Å². The van der Waals surface area contributed by atoms with Crippen molar-refractivity contribution in [3.8, 4) is 0 Å². The number of hydrogen-bond donors (Lipinski definition) is 1. The molecule has 2 heterocycles. The van der Waals surface area contributed by atoms with Crippen molar-refractivity contribution in [1.82, 2.24) is 14.8 Å². The average molecular weight is 277 g/mol. The highest BCUT2D eigenvalue weighted by molar-refractivity contribution is 5.94. The molecule has 2 unspecified atom stereocenters. The van der Waals surface area contributed by atoms with E-state index in [1.807, 2.05) is 17.9 Å². The van der Waals surface area contributed by atoms with Gasteiger partial charge < -0.3 is 10.0 Å². The summed E-state index contributed by atoms with van der Waals surface area (Å²) in [6.07, 6.45) is 3.05. The molecule has 1 aromatic rings. The lowest BCUT2D eigenvalue weighted by Gasteiger charge is -2.40. The molecule has 0 aliphatic carbocycles. The van der Waals surface area contributed by atoms with Crippen molar-refractivity contribution in [2.45, 2.75) is 32.9 Å². The van der Waals surface area contributed by atoms with Gasteiger partial charge in [0.25, 0.3) is 5.91 Å². The summed E-state index contributed by atoms with van der Waals surface area (Å²) in [5.41, 5.74) is 1.65. The van der Waals surface area contributed by atoms with Crippen molar-refractivity contribution in [2.24, 2.45) is 0 Å². The molecule has 5 nitrogen and oxygen atoms in total. The fraction of sp³-hybridized carbons (Fsp3) is 0.600. The van der Waals surface area contributed by atoms with Gasteiger partial charge in [-0.2, -0.15) is 0 Å². The van der Waals surface area contributed by atoms with E-state index in [4.69, 9.17) is 0 Å². The van der Waals surface area contributed by atoms with E-state index in [1.54, 1.807) is 19.3 Å². The number of aryl methyl sites for hydroxylation is 1. The van der Waals surface area contributed by atoms with Gasteiger partial charge in [-0.3, -0.25) is 14.7 Å². The highest BCUT2D eigenvalue weighted by atomic mass is 16.3. The Morgan fingerprint density at radius 3 is 2.85 bits per heavy atom. The fourth-order valence-electron chi connectivity index (χ4n) is 2.71. The van der Waals surface area contributed by atoms with Gasteiger partial charge in [0, 0.05) is 44.6 Å². The summed E-state index contributed by atoms with van der Waals surface area (Å²) in [5.74, 6) is 0.0467. The molecule has 1 N–H and O–H groups in total. The molecule has 1 aliphatic heterocycles. The number of aliphatic hydroxyl groups is 1. The number of hydrogen-bond acceptors (Lipinski definition) is 4. The standard InChI is InChI=1S/C15H23N3O2/c1-11-6-14(8-16-7-11)15(20)18-5-4-17(9-12(18)2)10-13(3)19/h6-8,12-13,19H,4-5,9-10H2,1-3H3. The molecule has 0 aromatic carbocycles. The van der Waals surface area contributed by atoms with Crippen LogP contribution in [-0.2, 0) is 0 Å². The molecule has 1 saturated heterocycles. The SMILES string of the molecule is Cc1cncc(C(=O)N2CCN(CC(C)O)CC2C)c1. The number of rotatable bonds is 3. The Morgan fingerprint density at radius 1 is 1.50 bits per heavy atom. The van der Waals surface area contributed by atoms with Crippen LogP contribution in [0.4, 0.5) is 0 Å². The smallest absolute Gasteiger partial charge is 0.255 e. The van der Waals surface area contributed by atoms with Crippen molar-refractivity contribution in [1.29, 1.82) is 0 Å². The number of β-amino-alcohol motifs (C(OH)–C–C–N with tert-alkyl or cyclic N) is 1. The van der Waals surface area contributed by atoms with Gasteiger partial charge in [0.15, 0.2) is 0 Å². The summed E-state index contributed by atoms with van der Waals surface area (Å²) in [4.78, 5) is 20.7. The van der Waals surface area contributed by atoms with Gasteiger partial charge in [0.05, 0.1) is 11.7 Å². The predicted molar refractivity (Wildman–Crippen MR) is 77.6 cm³/mol. The van der Waals surface area contributed by atoms with Crippen LogP contribution in [0.3, 0.4) is 0 Å². The Bertz CT molecular complexity index is 476. The fourth-order valence-corrected chi connectivity index (χ4v) is 2.71. The molecule has 2 atom stereocenters. The van der Waals surface area contributed by atoms with E-state index in [-0.39, 0.29) is 18.1 Å². The van der Waals surface area contributed by atoms with Crippen molar-refractivity contribution in [3.05, 3.63) is 29.6 Å². The van der Waals surface area contributed by atoms with Crippen molar-refractivity contribution >= 4 is 5.91 Å². The van der Waals surface area contributed by atoms with Crippen LogP contribution in [-0.4, -0.2) is 64.1 Å². The second kappa shape index (κ2) is 6.33.